The van der Waals surface area contributed by atoms with Gasteiger partial charge in [-0.2, -0.15) is 5.10 Å². The molecule has 1 aromatic heterocycles. The maximum absolute atomic E-state index is 12.5. The molecular weight excluding hydrogens is 344 g/mol. The fourth-order valence-electron chi connectivity index (χ4n) is 2.40. The summed E-state index contributed by atoms with van der Waals surface area (Å²) in [6, 6.07) is 9.89. The second kappa shape index (κ2) is 8.18. The van der Waals surface area contributed by atoms with Gasteiger partial charge < -0.3 is 9.16 Å². The third kappa shape index (κ3) is 5.05. The highest BCUT2D eigenvalue weighted by atomic mass is 28.4. The summed E-state index contributed by atoms with van der Waals surface area (Å²) >= 11 is 0. The molecule has 0 spiro atoms. The van der Waals surface area contributed by atoms with Crippen LogP contribution in [-0.4, -0.2) is 36.8 Å². The summed E-state index contributed by atoms with van der Waals surface area (Å²) in [6.45, 7) is 13.0. The summed E-state index contributed by atoms with van der Waals surface area (Å²) in [5.41, 5.74) is 1.98. The lowest BCUT2D eigenvalue weighted by atomic mass is 10.1. The van der Waals surface area contributed by atoms with Crippen molar-refractivity contribution in [1.29, 1.82) is 0 Å². The van der Waals surface area contributed by atoms with Crippen molar-refractivity contribution >= 4 is 14.3 Å². The topological polar surface area (TPSA) is 53.4 Å². The van der Waals surface area contributed by atoms with Gasteiger partial charge in [-0.3, -0.25) is 0 Å². The lowest BCUT2D eigenvalue weighted by Gasteiger charge is -2.38. The van der Waals surface area contributed by atoms with Crippen LogP contribution in [-0.2, 0) is 20.4 Å². The first-order chi connectivity index (χ1) is 12.1. The predicted octanol–water partition coefficient (Wildman–Crippen LogP) is 4.37. The number of carbonyl (C=O) groups is 1. The Morgan fingerprint density at radius 2 is 2.00 bits per heavy atom. The first-order valence-electron chi connectivity index (χ1n) is 9.07. The number of benzene rings is 1. The van der Waals surface area contributed by atoms with Gasteiger partial charge in [-0.05, 0) is 48.8 Å². The summed E-state index contributed by atoms with van der Waals surface area (Å²) < 4.78 is 13.5. The van der Waals surface area contributed by atoms with Gasteiger partial charge in [0.1, 0.15) is 6.10 Å². The van der Waals surface area contributed by atoms with Crippen molar-refractivity contribution in [3.63, 3.8) is 0 Å². The van der Waals surface area contributed by atoms with Gasteiger partial charge in [0.15, 0.2) is 8.32 Å². The van der Waals surface area contributed by atoms with Crippen molar-refractivity contribution in [2.24, 2.45) is 0 Å². The van der Waals surface area contributed by atoms with E-state index in [0.717, 1.165) is 11.3 Å². The molecular formula is C20H30N2O3Si. The molecule has 2 rings (SSSR count). The molecule has 0 fully saturated rings. The molecule has 26 heavy (non-hydrogen) atoms. The zero-order valence-electron chi connectivity index (χ0n) is 16.7. The fourth-order valence-corrected chi connectivity index (χ4v) is 3.65. The Balaban J connectivity index is 2.24. The number of ether oxygens (including phenoxy) is 1. The molecule has 0 aliphatic carbocycles. The highest BCUT2D eigenvalue weighted by Gasteiger charge is 2.41. The Bertz CT molecular complexity index is 721. The van der Waals surface area contributed by atoms with E-state index in [2.05, 4.69) is 39.0 Å². The van der Waals surface area contributed by atoms with E-state index in [1.807, 2.05) is 43.5 Å². The van der Waals surface area contributed by atoms with E-state index < -0.39 is 14.4 Å². The molecule has 0 amide bonds. The second-order valence-electron chi connectivity index (χ2n) is 7.94. The van der Waals surface area contributed by atoms with E-state index in [1.165, 1.54) is 0 Å². The third-order valence-corrected chi connectivity index (χ3v) is 9.38. The van der Waals surface area contributed by atoms with E-state index in [0.29, 0.717) is 13.0 Å². The summed E-state index contributed by atoms with van der Waals surface area (Å²) in [5.74, 6) is -0.290. The lowest BCUT2D eigenvalue weighted by Crippen LogP contribution is -2.47. The number of aromatic nitrogens is 2. The second-order valence-corrected chi connectivity index (χ2v) is 12.7. The molecule has 1 heterocycles. The molecule has 0 saturated carbocycles. The molecule has 0 N–H and O–H groups in total. The van der Waals surface area contributed by atoms with Crippen LogP contribution in [0.25, 0.3) is 5.69 Å². The summed E-state index contributed by atoms with van der Waals surface area (Å²) in [7, 11) is -2.10. The fraction of sp³-hybridized carbons (Fsp3) is 0.500. The van der Waals surface area contributed by atoms with Crippen LogP contribution >= 0.6 is 0 Å². The molecule has 0 unspecified atom stereocenters. The van der Waals surface area contributed by atoms with Crippen molar-refractivity contribution in [3.05, 3.63) is 48.3 Å². The molecule has 5 nitrogen and oxygen atoms in total. The van der Waals surface area contributed by atoms with E-state index in [-0.39, 0.29) is 11.0 Å². The minimum atomic E-state index is -2.10. The van der Waals surface area contributed by atoms with Crippen LogP contribution in [0.5, 0.6) is 0 Å². The van der Waals surface area contributed by atoms with E-state index >= 15 is 0 Å². The standard InChI is InChI=1S/C20H30N2O3Si/c1-7-24-19(23)18(25-26(5,6)20(2,3)4)15-16-10-8-11-17(14-16)22-13-9-12-21-22/h8-14,18H,7,15H2,1-6H3/t18-/m1/s1. The molecule has 0 radical (unpaired) electrons. The van der Waals surface area contributed by atoms with Crippen LogP contribution in [0.2, 0.25) is 18.1 Å². The Labute approximate surface area is 157 Å². The molecule has 6 heteroatoms. The van der Waals surface area contributed by atoms with Gasteiger partial charge in [0, 0.05) is 18.8 Å². The number of hydrogen-bond donors (Lipinski definition) is 0. The van der Waals surface area contributed by atoms with Crippen LogP contribution in [0, 0.1) is 0 Å². The number of rotatable bonds is 7. The van der Waals surface area contributed by atoms with Crippen molar-refractivity contribution in [3.8, 4) is 5.69 Å². The minimum Gasteiger partial charge on any atom is -0.464 e. The van der Waals surface area contributed by atoms with Crippen LogP contribution in [0.3, 0.4) is 0 Å². The van der Waals surface area contributed by atoms with E-state index in [9.17, 15) is 4.79 Å². The molecule has 0 aliphatic rings. The summed E-state index contributed by atoms with van der Waals surface area (Å²) in [6.07, 6.45) is 3.53. The van der Waals surface area contributed by atoms with E-state index in [1.54, 1.807) is 10.9 Å². The highest BCUT2D eigenvalue weighted by molar-refractivity contribution is 6.74. The summed E-state index contributed by atoms with van der Waals surface area (Å²) in [5, 5.41) is 4.29. The molecule has 1 aromatic carbocycles. The smallest absolute Gasteiger partial charge is 0.334 e. The molecule has 142 valence electrons. The van der Waals surface area contributed by atoms with Crippen molar-refractivity contribution in [2.45, 2.75) is 58.4 Å². The number of hydrogen-bond acceptors (Lipinski definition) is 4. The Morgan fingerprint density at radius 1 is 1.27 bits per heavy atom. The SMILES string of the molecule is CCOC(=O)[C@@H](Cc1cccc(-n2cccn2)c1)O[Si](C)(C)C(C)(C)C. The van der Waals surface area contributed by atoms with Gasteiger partial charge >= 0.3 is 5.97 Å². The largest absolute Gasteiger partial charge is 0.464 e. The lowest BCUT2D eigenvalue weighted by molar-refractivity contribution is -0.152. The van der Waals surface area contributed by atoms with Gasteiger partial charge in [-0.15, -0.1) is 0 Å². The first kappa shape index (κ1) is 20.4. The van der Waals surface area contributed by atoms with Crippen molar-refractivity contribution in [2.75, 3.05) is 6.61 Å². The van der Waals surface area contributed by atoms with Gasteiger partial charge in [0.05, 0.1) is 12.3 Å². The average molecular weight is 375 g/mol. The van der Waals surface area contributed by atoms with Gasteiger partial charge in [-0.1, -0.05) is 32.9 Å². The number of nitrogens with zero attached hydrogens (tertiary/aromatic N) is 2. The Hall–Kier alpha value is -1.92. The van der Waals surface area contributed by atoms with Crippen molar-refractivity contribution in [1.82, 2.24) is 9.78 Å². The normalized spacial score (nSPS) is 13.5. The van der Waals surface area contributed by atoms with Gasteiger partial charge in [0.2, 0.25) is 0 Å². The number of carbonyl (C=O) groups excluding carboxylic acids is 1. The predicted molar refractivity (Wildman–Crippen MR) is 106 cm³/mol. The van der Waals surface area contributed by atoms with Crippen LogP contribution in [0.15, 0.2) is 42.7 Å². The molecule has 0 bridgehead atoms. The molecule has 1 atom stereocenters. The van der Waals surface area contributed by atoms with Crippen molar-refractivity contribution < 1.29 is 14.0 Å². The third-order valence-electron chi connectivity index (χ3n) is 4.89. The van der Waals surface area contributed by atoms with E-state index in [4.69, 9.17) is 9.16 Å². The highest BCUT2D eigenvalue weighted by Crippen LogP contribution is 2.37. The first-order valence-corrected chi connectivity index (χ1v) is 12.0. The van der Waals surface area contributed by atoms with Gasteiger partial charge in [-0.25, -0.2) is 9.48 Å². The molecule has 0 aliphatic heterocycles. The number of esters is 1. The Morgan fingerprint density at radius 3 is 2.58 bits per heavy atom. The zero-order chi connectivity index (χ0) is 19.4. The zero-order valence-corrected chi connectivity index (χ0v) is 17.7. The quantitative estimate of drug-likeness (QED) is 0.533. The van der Waals surface area contributed by atoms with Crippen LogP contribution in [0.4, 0.5) is 0 Å². The maximum Gasteiger partial charge on any atom is 0.334 e. The average Bonchev–Trinajstić information content (AvgIpc) is 3.08. The van der Waals surface area contributed by atoms with Crippen LogP contribution < -0.4 is 0 Å². The Kier molecular flexibility index (Phi) is 6.42. The monoisotopic (exact) mass is 374 g/mol. The van der Waals surface area contributed by atoms with Crippen LogP contribution in [0.1, 0.15) is 33.3 Å². The maximum atomic E-state index is 12.5. The molecule has 2 aromatic rings. The van der Waals surface area contributed by atoms with Gasteiger partial charge in [0.25, 0.3) is 0 Å². The minimum absolute atomic E-state index is 0.0225. The summed E-state index contributed by atoms with van der Waals surface area (Å²) in [4.78, 5) is 12.5. The molecule has 0 saturated heterocycles.